The molecule has 106 valence electrons. The van der Waals surface area contributed by atoms with Crippen LogP contribution in [0.25, 0.3) is 0 Å². The summed E-state index contributed by atoms with van der Waals surface area (Å²) in [5.74, 6) is 0. The lowest BCUT2D eigenvalue weighted by molar-refractivity contribution is 0.684. The molecule has 1 nitrogen and oxygen atoms in total. The average Bonchev–Trinajstić information content (AvgIpc) is 2.40. The molecule has 2 rings (SSSR count). The van der Waals surface area contributed by atoms with Gasteiger partial charge in [-0.3, -0.25) is 0 Å². The Morgan fingerprint density at radius 1 is 0.950 bits per heavy atom. The Morgan fingerprint density at radius 2 is 1.65 bits per heavy atom. The van der Waals surface area contributed by atoms with Crippen LogP contribution in [0, 0.1) is 13.8 Å². The zero-order valence-corrected chi connectivity index (χ0v) is 15.5. The third-order valence-corrected chi connectivity index (χ3v) is 5.21. The Balaban J connectivity index is 2.58. The standard InChI is InChI=1S/C16H16Br2ClN/c1-9-4-5-11(19)7-12(9)16(20-3)13-8-14(17)10(2)6-15(13)18/h4-8,16,20H,1-3H3. The molecule has 2 aromatic rings. The molecule has 1 atom stereocenters. The van der Waals surface area contributed by atoms with Crippen LogP contribution in [0.4, 0.5) is 0 Å². The van der Waals surface area contributed by atoms with Crippen LogP contribution in [-0.4, -0.2) is 7.05 Å². The number of rotatable bonds is 3. The van der Waals surface area contributed by atoms with Gasteiger partial charge in [-0.2, -0.15) is 0 Å². The van der Waals surface area contributed by atoms with Crippen LogP contribution < -0.4 is 5.32 Å². The minimum absolute atomic E-state index is 0.0972. The Morgan fingerprint density at radius 3 is 2.30 bits per heavy atom. The van der Waals surface area contributed by atoms with E-state index in [4.69, 9.17) is 11.6 Å². The molecule has 0 aliphatic rings. The first-order valence-electron chi connectivity index (χ1n) is 6.33. The van der Waals surface area contributed by atoms with Gasteiger partial charge in [-0.25, -0.2) is 0 Å². The molecule has 0 aliphatic carbocycles. The highest BCUT2D eigenvalue weighted by atomic mass is 79.9. The SMILES string of the molecule is CNC(c1cc(Cl)ccc1C)c1cc(Br)c(C)cc1Br. The van der Waals surface area contributed by atoms with E-state index in [0.717, 1.165) is 14.0 Å². The summed E-state index contributed by atoms with van der Waals surface area (Å²) in [4.78, 5) is 0. The fraction of sp³-hybridized carbons (Fsp3) is 0.250. The summed E-state index contributed by atoms with van der Waals surface area (Å²) in [5, 5.41) is 4.14. The Labute approximate surface area is 142 Å². The third kappa shape index (κ3) is 3.28. The molecular formula is C16H16Br2ClN. The van der Waals surface area contributed by atoms with Crippen LogP contribution in [0.1, 0.15) is 28.3 Å². The first-order chi connectivity index (χ1) is 9.43. The van der Waals surface area contributed by atoms with Gasteiger partial charge >= 0.3 is 0 Å². The van der Waals surface area contributed by atoms with Crippen LogP contribution in [0.3, 0.4) is 0 Å². The van der Waals surface area contributed by atoms with Crippen molar-refractivity contribution in [2.75, 3.05) is 7.05 Å². The minimum Gasteiger partial charge on any atom is -0.309 e. The Hall–Kier alpha value is -0.350. The molecule has 20 heavy (non-hydrogen) atoms. The summed E-state index contributed by atoms with van der Waals surface area (Å²) in [6.45, 7) is 4.19. The van der Waals surface area contributed by atoms with E-state index in [9.17, 15) is 0 Å². The number of aryl methyl sites for hydroxylation is 2. The van der Waals surface area contributed by atoms with Crippen molar-refractivity contribution in [1.29, 1.82) is 0 Å². The molecule has 1 N–H and O–H groups in total. The van der Waals surface area contributed by atoms with Crippen molar-refractivity contribution < 1.29 is 0 Å². The van der Waals surface area contributed by atoms with Crippen molar-refractivity contribution in [2.24, 2.45) is 0 Å². The molecular weight excluding hydrogens is 401 g/mol. The van der Waals surface area contributed by atoms with Gasteiger partial charge in [-0.1, -0.05) is 49.5 Å². The Kier molecular flexibility index (Phi) is 5.30. The van der Waals surface area contributed by atoms with Gasteiger partial charge in [0.15, 0.2) is 0 Å². The first kappa shape index (κ1) is 16.0. The molecule has 0 spiro atoms. The molecule has 0 bridgehead atoms. The van der Waals surface area contributed by atoms with E-state index in [1.54, 1.807) is 0 Å². The number of benzene rings is 2. The van der Waals surface area contributed by atoms with E-state index in [1.165, 1.54) is 22.3 Å². The zero-order chi connectivity index (χ0) is 14.9. The zero-order valence-electron chi connectivity index (χ0n) is 11.6. The molecule has 0 saturated heterocycles. The van der Waals surface area contributed by atoms with Crippen LogP contribution in [0.5, 0.6) is 0 Å². The van der Waals surface area contributed by atoms with Crippen LogP contribution >= 0.6 is 43.5 Å². The molecule has 0 radical (unpaired) electrons. The van der Waals surface area contributed by atoms with Crippen molar-refractivity contribution >= 4 is 43.5 Å². The smallest absolute Gasteiger partial charge is 0.0588 e. The number of halogens is 3. The molecule has 1 unspecified atom stereocenters. The average molecular weight is 418 g/mol. The van der Waals surface area contributed by atoms with Crippen molar-refractivity contribution in [3.8, 4) is 0 Å². The van der Waals surface area contributed by atoms with Gasteiger partial charge in [0.25, 0.3) is 0 Å². The lowest BCUT2D eigenvalue weighted by Gasteiger charge is -2.22. The normalized spacial score (nSPS) is 12.5. The minimum atomic E-state index is 0.0972. The van der Waals surface area contributed by atoms with E-state index < -0.39 is 0 Å². The predicted molar refractivity (Wildman–Crippen MR) is 93.7 cm³/mol. The molecule has 0 saturated carbocycles. The quantitative estimate of drug-likeness (QED) is 0.666. The summed E-state index contributed by atoms with van der Waals surface area (Å²) < 4.78 is 2.20. The predicted octanol–water partition coefficient (Wildman–Crippen LogP) is 5.79. The summed E-state index contributed by atoms with van der Waals surface area (Å²) in [5.41, 5.74) is 4.81. The topological polar surface area (TPSA) is 12.0 Å². The van der Waals surface area contributed by atoms with Crippen LogP contribution in [-0.2, 0) is 0 Å². The third-order valence-electron chi connectivity index (χ3n) is 3.43. The second-order valence-electron chi connectivity index (χ2n) is 4.85. The van der Waals surface area contributed by atoms with E-state index in [1.807, 2.05) is 19.2 Å². The monoisotopic (exact) mass is 415 g/mol. The van der Waals surface area contributed by atoms with E-state index in [-0.39, 0.29) is 6.04 Å². The highest BCUT2D eigenvalue weighted by molar-refractivity contribution is 9.11. The molecule has 4 heteroatoms. The molecule has 2 aromatic carbocycles. The molecule has 0 amide bonds. The van der Waals surface area contributed by atoms with Gasteiger partial charge in [-0.15, -0.1) is 0 Å². The maximum atomic E-state index is 6.15. The van der Waals surface area contributed by atoms with Gasteiger partial charge in [-0.05, 0) is 67.4 Å². The maximum absolute atomic E-state index is 6.15. The first-order valence-corrected chi connectivity index (χ1v) is 8.29. The van der Waals surface area contributed by atoms with Crippen molar-refractivity contribution in [3.05, 3.63) is 66.6 Å². The van der Waals surface area contributed by atoms with Gasteiger partial charge < -0.3 is 5.32 Å². The van der Waals surface area contributed by atoms with Crippen molar-refractivity contribution in [1.82, 2.24) is 5.32 Å². The highest BCUT2D eigenvalue weighted by Crippen LogP contribution is 2.34. The van der Waals surface area contributed by atoms with Gasteiger partial charge in [0, 0.05) is 14.0 Å². The largest absolute Gasteiger partial charge is 0.309 e. The highest BCUT2D eigenvalue weighted by Gasteiger charge is 2.18. The summed E-state index contributed by atoms with van der Waals surface area (Å²) >= 11 is 13.4. The fourth-order valence-electron chi connectivity index (χ4n) is 2.28. The van der Waals surface area contributed by atoms with Crippen LogP contribution in [0.2, 0.25) is 5.02 Å². The van der Waals surface area contributed by atoms with E-state index in [2.05, 4.69) is 69.2 Å². The fourth-order valence-corrected chi connectivity index (χ4v) is 3.51. The van der Waals surface area contributed by atoms with Gasteiger partial charge in [0.1, 0.15) is 0 Å². The second kappa shape index (κ2) is 6.61. The number of hydrogen-bond donors (Lipinski definition) is 1. The summed E-state index contributed by atoms with van der Waals surface area (Å²) in [6, 6.07) is 10.4. The maximum Gasteiger partial charge on any atom is 0.0588 e. The van der Waals surface area contributed by atoms with E-state index in [0.29, 0.717) is 0 Å². The summed E-state index contributed by atoms with van der Waals surface area (Å²) in [7, 11) is 1.96. The number of nitrogens with one attached hydrogen (secondary N) is 1. The van der Waals surface area contributed by atoms with Crippen molar-refractivity contribution in [3.63, 3.8) is 0 Å². The van der Waals surface area contributed by atoms with E-state index >= 15 is 0 Å². The van der Waals surface area contributed by atoms with Crippen molar-refractivity contribution in [2.45, 2.75) is 19.9 Å². The second-order valence-corrected chi connectivity index (χ2v) is 6.99. The Bertz CT molecular complexity index is 641. The van der Waals surface area contributed by atoms with Gasteiger partial charge in [0.05, 0.1) is 6.04 Å². The lowest BCUT2D eigenvalue weighted by Crippen LogP contribution is -2.19. The lowest BCUT2D eigenvalue weighted by atomic mass is 9.94. The molecule has 0 fully saturated rings. The van der Waals surface area contributed by atoms with Crippen LogP contribution in [0.15, 0.2) is 39.3 Å². The summed E-state index contributed by atoms with van der Waals surface area (Å²) in [6.07, 6.45) is 0. The van der Waals surface area contributed by atoms with Gasteiger partial charge in [0.2, 0.25) is 0 Å². The molecule has 0 aliphatic heterocycles. The molecule has 0 aromatic heterocycles. The number of hydrogen-bond acceptors (Lipinski definition) is 1. The molecule has 0 heterocycles.